The van der Waals surface area contributed by atoms with Gasteiger partial charge in [-0.15, -0.1) is 0 Å². The molecule has 1 heterocycles. The lowest BCUT2D eigenvalue weighted by Gasteiger charge is -2.08. The van der Waals surface area contributed by atoms with Gasteiger partial charge in [-0.05, 0) is 30.2 Å². The van der Waals surface area contributed by atoms with Gasteiger partial charge in [-0.25, -0.2) is 8.78 Å². The first-order valence-electron chi connectivity index (χ1n) is 7.84. The molecule has 0 radical (unpaired) electrons. The van der Waals surface area contributed by atoms with Gasteiger partial charge in [0.05, 0.1) is 0 Å². The van der Waals surface area contributed by atoms with Gasteiger partial charge in [-0.1, -0.05) is 55.4 Å². The molecular formula is C19H21F2S2+. The summed E-state index contributed by atoms with van der Waals surface area (Å²) >= 11 is 3.10. The third-order valence-electron chi connectivity index (χ3n) is 3.39. The minimum atomic E-state index is -0.470. The van der Waals surface area contributed by atoms with Crippen molar-refractivity contribution in [3.63, 3.8) is 0 Å². The molecule has 2 aromatic rings. The van der Waals surface area contributed by atoms with Gasteiger partial charge in [0.25, 0.3) is 4.20 Å². The number of aryl methyl sites for hydroxylation is 1. The molecule has 0 saturated heterocycles. The van der Waals surface area contributed by atoms with Crippen molar-refractivity contribution in [1.29, 1.82) is 0 Å². The Morgan fingerprint density at radius 3 is 2.09 bits per heavy atom. The van der Waals surface area contributed by atoms with Crippen molar-refractivity contribution in [3.8, 4) is 11.1 Å². The van der Waals surface area contributed by atoms with Crippen LogP contribution in [0.1, 0.15) is 31.4 Å². The van der Waals surface area contributed by atoms with Crippen LogP contribution in [-0.4, -0.2) is 15.7 Å². The Balaban J connectivity index is 0.000000924. The summed E-state index contributed by atoms with van der Waals surface area (Å²) in [5.41, 5.74) is 2.68. The second kappa shape index (κ2) is 8.55. The lowest BCUT2D eigenvalue weighted by atomic mass is 10.0. The molecule has 0 N–H and O–H groups in total. The Morgan fingerprint density at radius 2 is 1.57 bits per heavy atom. The van der Waals surface area contributed by atoms with Crippen LogP contribution in [0.5, 0.6) is 0 Å². The molecule has 0 amide bonds. The average molecular weight is 352 g/mol. The quantitative estimate of drug-likeness (QED) is 0.497. The third kappa shape index (κ3) is 4.39. The van der Waals surface area contributed by atoms with E-state index in [4.69, 9.17) is 0 Å². The highest BCUT2D eigenvalue weighted by molar-refractivity contribution is 8.23. The van der Waals surface area contributed by atoms with Crippen molar-refractivity contribution in [1.82, 2.24) is 0 Å². The van der Waals surface area contributed by atoms with Gasteiger partial charge < -0.3 is 0 Å². The first-order valence-corrected chi connectivity index (χ1v) is 9.81. The number of hydrogen-bond acceptors (Lipinski definition) is 1. The molecule has 0 unspecified atom stereocenters. The van der Waals surface area contributed by atoms with Gasteiger partial charge in [0.1, 0.15) is 17.2 Å². The van der Waals surface area contributed by atoms with Gasteiger partial charge in [-0.2, -0.15) is 0 Å². The number of halogens is 2. The lowest BCUT2D eigenvalue weighted by molar-refractivity contribution is 0.581. The van der Waals surface area contributed by atoms with E-state index in [0.29, 0.717) is 5.56 Å². The molecule has 23 heavy (non-hydrogen) atoms. The molecule has 0 nitrogen and oxygen atoms in total. The summed E-state index contributed by atoms with van der Waals surface area (Å²) in [6.07, 6.45) is 1.09. The van der Waals surface area contributed by atoms with Crippen LogP contribution in [0.15, 0.2) is 36.4 Å². The second-order valence-electron chi connectivity index (χ2n) is 5.02. The van der Waals surface area contributed by atoms with E-state index in [1.54, 1.807) is 23.1 Å². The zero-order chi connectivity index (χ0) is 16.8. The number of hydrogen-bond donors (Lipinski definition) is 0. The standard InChI is InChI=1S/C17H15F2S2.C2H6/c1-11-3-5-12(6-4-11)13-9-14(18)16(15(19)10-13)17-20-7-2-8-21-17;1-2/h3-6,9-10H,2,7-8H2,1H3;1-2H3/q+1;. The zero-order valence-corrected chi connectivity index (χ0v) is 15.3. The minimum absolute atomic E-state index is 0.139. The molecule has 0 bridgehead atoms. The third-order valence-corrected chi connectivity index (χ3v) is 6.01. The van der Waals surface area contributed by atoms with Crippen LogP contribution in [0.3, 0.4) is 0 Å². The summed E-state index contributed by atoms with van der Waals surface area (Å²) in [7, 11) is 0. The van der Waals surface area contributed by atoms with Crippen LogP contribution in [0, 0.1) is 18.6 Å². The number of benzene rings is 2. The van der Waals surface area contributed by atoms with E-state index < -0.39 is 11.6 Å². The Labute approximate surface area is 145 Å². The Morgan fingerprint density at radius 1 is 0.957 bits per heavy atom. The van der Waals surface area contributed by atoms with Crippen molar-refractivity contribution >= 4 is 27.3 Å². The first kappa shape index (κ1) is 18.1. The number of rotatable bonds is 2. The van der Waals surface area contributed by atoms with Crippen LogP contribution in [0.4, 0.5) is 8.78 Å². The molecule has 3 rings (SSSR count). The largest absolute Gasteiger partial charge is 0.270 e. The lowest BCUT2D eigenvalue weighted by Crippen LogP contribution is -2.11. The van der Waals surface area contributed by atoms with E-state index in [-0.39, 0.29) is 5.56 Å². The molecule has 0 saturated carbocycles. The predicted octanol–water partition coefficient (Wildman–Crippen LogP) is 5.66. The molecule has 1 aliphatic rings. The fourth-order valence-electron chi connectivity index (χ4n) is 2.26. The maximum Gasteiger partial charge on any atom is 0.270 e. The maximum atomic E-state index is 14.4. The molecule has 0 fully saturated rings. The van der Waals surface area contributed by atoms with Crippen LogP contribution in [-0.2, 0) is 11.4 Å². The van der Waals surface area contributed by atoms with E-state index in [2.05, 4.69) is 0 Å². The Hall–Kier alpha value is -1.26. The smallest absolute Gasteiger partial charge is 0.206 e. The monoisotopic (exact) mass is 351 g/mol. The van der Waals surface area contributed by atoms with Crippen LogP contribution >= 0.6 is 11.8 Å². The highest BCUT2D eigenvalue weighted by atomic mass is 32.2. The fourth-order valence-corrected chi connectivity index (χ4v) is 4.90. The van der Waals surface area contributed by atoms with Crippen LogP contribution in [0.25, 0.3) is 11.1 Å². The summed E-state index contributed by atoms with van der Waals surface area (Å²) in [4.78, 5) is 0. The first-order chi connectivity index (χ1) is 11.1. The highest BCUT2D eigenvalue weighted by Gasteiger charge is 2.26. The van der Waals surface area contributed by atoms with E-state index in [1.807, 2.05) is 45.0 Å². The van der Waals surface area contributed by atoms with Gasteiger partial charge in [0.2, 0.25) is 0 Å². The van der Waals surface area contributed by atoms with E-state index in [1.165, 1.54) is 12.1 Å². The molecule has 0 spiro atoms. The summed E-state index contributed by atoms with van der Waals surface area (Å²) in [5.74, 6) is 0.923. The zero-order valence-electron chi connectivity index (χ0n) is 13.7. The van der Waals surface area contributed by atoms with Crippen molar-refractivity contribution < 1.29 is 8.78 Å². The van der Waals surface area contributed by atoms with Crippen LogP contribution in [0.2, 0.25) is 0 Å². The molecule has 0 atom stereocenters. The van der Waals surface area contributed by atoms with E-state index in [0.717, 1.165) is 33.3 Å². The minimum Gasteiger partial charge on any atom is -0.206 e. The SMILES string of the molecule is CC.Cc1ccc(-c2cc(F)c(C3=[S+]CCCS3)c(F)c2)cc1. The Kier molecular flexibility index (Phi) is 6.72. The van der Waals surface area contributed by atoms with E-state index in [9.17, 15) is 8.78 Å². The second-order valence-corrected chi connectivity index (χ2v) is 7.49. The average Bonchev–Trinajstić information content (AvgIpc) is 2.57. The van der Waals surface area contributed by atoms with Crippen molar-refractivity contribution in [2.24, 2.45) is 0 Å². The summed E-state index contributed by atoms with van der Waals surface area (Å²) in [6, 6.07) is 10.5. The molecular weight excluding hydrogens is 330 g/mol. The molecule has 0 aliphatic carbocycles. The van der Waals surface area contributed by atoms with Crippen LogP contribution < -0.4 is 0 Å². The molecule has 1 aliphatic heterocycles. The predicted molar refractivity (Wildman–Crippen MR) is 101 cm³/mol. The summed E-state index contributed by atoms with van der Waals surface area (Å²) in [6.45, 7) is 5.99. The molecule has 2 aromatic carbocycles. The maximum absolute atomic E-state index is 14.4. The Bertz CT molecular complexity index is 668. The highest BCUT2D eigenvalue weighted by Crippen LogP contribution is 2.28. The van der Waals surface area contributed by atoms with Gasteiger partial charge in [0, 0.05) is 12.2 Å². The molecule has 122 valence electrons. The van der Waals surface area contributed by atoms with Gasteiger partial charge >= 0.3 is 0 Å². The normalized spacial score (nSPS) is 13.9. The fraction of sp³-hybridized carbons (Fsp3) is 0.316. The van der Waals surface area contributed by atoms with E-state index >= 15 is 0 Å². The van der Waals surface area contributed by atoms with Crippen molar-refractivity contribution in [2.45, 2.75) is 27.2 Å². The van der Waals surface area contributed by atoms with Gasteiger partial charge in [0.15, 0.2) is 17.1 Å². The topological polar surface area (TPSA) is 0 Å². The van der Waals surface area contributed by atoms with Crippen molar-refractivity contribution in [2.75, 3.05) is 11.5 Å². The summed E-state index contributed by atoms with van der Waals surface area (Å²) in [5, 5.41) is 0. The number of thioether (sulfide) groups is 1. The molecule has 4 heteroatoms. The summed E-state index contributed by atoms with van der Waals surface area (Å²) < 4.78 is 29.5. The van der Waals surface area contributed by atoms with Gasteiger partial charge in [-0.3, -0.25) is 0 Å². The van der Waals surface area contributed by atoms with Crippen molar-refractivity contribution in [3.05, 3.63) is 59.2 Å². The molecule has 0 aromatic heterocycles.